The summed E-state index contributed by atoms with van der Waals surface area (Å²) in [6.45, 7) is 8.62. The molecule has 6 heteroatoms. The Labute approximate surface area is 148 Å². The van der Waals surface area contributed by atoms with E-state index >= 15 is 0 Å². The van der Waals surface area contributed by atoms with E-state index in [1.54, 1.807) is 0 Å². The number of piperazine rings is 1. The van der Waals surface area contributed by atoms with Crippen LogP contribution in [-0.4, -0.2) is 42.7 Å². The van der Waals surface area contributed by atoms with E-state index in [0.717, 1.165) is 68.7 Å². The molecule has 1 aliphatic rings. The van der Waals surface area contributed by atoms with Crippen LogP contribution in [0.5, 0.6) is 0 Å². The number of hydrogen-bond donors (Lipinski definition) is 1. The molecule has 134 valence electrons. The third-order valence-corrected chi connectivity index (χ3v) is 4.46. The lowest BCUT2D eigenvalue weighted by Crippen LogP contribution is -2.46. The number of benzene rings is 1. The second-order valence-electron chi connectivity index (χ2n) is 6.39. The van der Waals surface area contributed by atoms with Crippen molar-refractivity contribution >= 4 is 17.3 Å². The summed E-state index contributed by atoms with van der Waals surface area (Å²) >= 11 is 0. The topological polar surface area (TPSA) is 44.3 Å². The van der Waals surface area contributed by atoms with Crippen LogP contribution in [0, 0.1) is 12.7 Å². The van der Waals surface area contributed by atoms with E-state index in [4.69, 9.17) is 0 Å². The molecule has 0 bridgehead atoms. The summed E-state index contributed by atoms with van der Waals surface area (Å²) in [7, 11) is 0. The van der Waals surface area contributed by atoms with Gasteiger partial charge in [-0.05, 0) is 37.6 Å². The average molecular weight is 343 g/mol. The predicted octanol–water partition coefficient (Wildman–Crippen LogP) is 3.46. The highest BCUT2D eigenvalue weighted by Crippen LogP contribution is 2.21. The molecule has 1 fully saturated rings. The molecule has 0 radical (unpaired) electrons. The Kier molecular flexibility index (Phi) is 5.68. The van der Waals surface area contributed by atoms with Crippen molar-refractivity contribution in [3.05, 3.63) is 42.0 Å². The highest BCUT2D eigenvalue weighted by molar-refractivity contribution is 5.52. The van der Waals surface area contributed by atoms with Crippen LogP contribution < -0.4 is 15.1 Å². The normalized spacial score (nSPS) is 14.7. The summed E-state index contributed by atoms with van der Waals surface area (Å²) in [6, 6.07) is 8.76. The highest BCUT2D eigenvalue weighted by Gasteiger charge is 2.19. The Morgan fingerprint density at radius 2 is 1.72 bits per heavy atom. The van der Waals surface area contributed by atoms with Gasteiger partial charge in [0.2, 0.25) is 0 Å². The summed E-state index contributed by atoms with van der Waals surface area (Å²) in [4.78, 5) is 13.7. The molecule has 0 atom stereocenters. The van der Waals surface area contributed by atoms with Crippen LogP contribution in [0.2, 0.25) is 0 Å². The molecule has 0 aliphatic carbocycles. The fourth-order valence-electron chi connectivity index (χ4n) is 3.04. The van der Waals surface area contributed by atoms with Crippen LogP contribution in [0.1, 0.15) is 25.6 Å². The van der Waals surface area contributed by atoms with Gasteiger partial charge in [-0.3, -0.25) is 0 Å². The van der Waals surface area contributed by atoms with Gasteiger partial charge >= 0.3 is 0 Å². The molecular formula is C19H26FN5. The number of aromatic nitrogens is 2. The minimum atomic E-state index is -0.193. The van der Waals surface area contributed by atoms with E-state index in [1.807, 2.05) is 25.1 Å². The zero-order valence-electron chi connectivity index (χ0n) is 15.0. The van der Waals surface area contributed by atoms with E-state index in [0.29, 0.717) is 0 Å². The van der Waals surface area contributed by atoms with Gasteiger partial charge in [-0.25, -0.2) is 14.4 Å². The number of hydrogen-bond acceptors (Lipinski definition) is 5. The molecular weight excluding hydrogens is 317 g/mol. The Morgan fingerprint density at radius 1 is 1.04 bits per heavy atom. The molecule has 2 aromatic rings. The molecule has 3 rings (SSSR count). The Bertz CT molecular complexity index is 681. The SMILES string of the molecule is CCCCNc1cc(N2CCN(c3ccc(F)cc3)CC2)nc(C)n1. The van der Waals surface area contributed by atoms with Crippen molar-refractivity contribution in [1.82, 2.24) is 9.97 Å². The highest BCUT2D eigenvalue weighted by atomic mass is 19.1. The van der Waals surface area contributed by atoms with Crippen molar-refractivity contribution in [1.29, 1.82) is 0 Å². The quantitative estimate of drug-likeness (QED) is 0.814. The Morgan fingerprint density at radius 3 is 2.40 bits per heavy atom. The predicted molar refractivity (Wildman–Crippen MR) is 101 cm³/mol. The molecule has 0 unspecified atom stereocenters. The van der Waals surface area contributed by atoms with Gasteiger partial charge in [0.1, 0.15) is 23.3 Å². The lowest BCUT2D eigenvalue weighted by atomic mass is 10.2. The molecule has 25 heavy (non-hydrogen) atoms. The molecule has 1 aromatic carbocycles. The van der Waals surface area contributed by atoms with Gasteiger partial charge in [0.25, 0.3) is 0 Å². The zero-order chi connectivity index (χ0) is 17.6. The summed E-state index contributed by atoms with van der Waals surface area (Å²) in [5.41, 5.74) is 1.07. The number of aryl methyl sites for hydroxylation is 1. The molecule has 1 aliphatic heterocycles. The van der Waals surface area contributed by atoms with Gasteiger partial charge in [0.05, 0.1) is 0 Å². The second-order valence-corrected chi connectivity index (χ2v) is 6.39. The second kappa shape index (κ2) is 8.14. The smallest absolute Gasteiger partial charge is 0.134 e. The van der Waals surface area contributed by atoms with Crippen LogP contribution in [0.4, 0.5) is 21.7 Å². The van der Waals surface area contributed by atoms with Crippen LogP contribution in [0.25, 0.3) is 0 Å². The minimum Gasteiger partial charge on any atom is -0.370 e. The van der Waals surface area contributed by atoms with Crippen LogP contribution in [0.15, 0.2) is 30.3 Å². The van der Waals surface area contributed by atoms with Crippen molar-refractivity contribution in [2.24, 2.45) is 0 Å². The summed E-state index contributed by atoms with van der Waals surface area (Å²) < 4.78 is 13.1. The first kappa shape index (κ1) is 17.5. The van der Waals surface area contributed by atoms with E-state index in [2.05, 4.69) is 32.0 Å². The molecule has 0 spiro atoms. The zero-order valence-corrected chi connectivity index (χ0v) is 15.0. The first-order valence-corrected chi connectivity index (χ1v) is 9.00. The molecule has 5 nitrogen and oxygen atoms in total. The monoisotopic (exact) mass is 343 g/mol. The van der Waals surface area contributed by atoms with Crippen molar-refractivity contribution in [3.8, 4) is 0 Å². The van der Waals surface area contributed by atoms with E-state index in [1.165, 1.54) is 12.1 Å². The number of unbranched alkanes of at least 4 members (excludes halogenated alkanes) is 1. The lowest BCUT2D eigenvalue weighted by Gasteiger charge is -2.36. The van der Waals surface area contributed by atoms with E-state index in [-0.39, 0.29) is 5.82 Å². The van der Waals surface area contributed by atoms with Crippen LogP contribution in [0.3, 0.4) is 0 Å². The first-order chi connectivity index (χ1) is 12.2. The number of nitrogens with one attached hydrogen (secondary N) is 1. The standard InChI is InChI=1S/C19H26FN5/c1-3-4-9-21-18-14-19(23-15(2)22-18)25-12-10-24(11-13-25)17-7-5-16(20)6-8-17/h5-8,14H,3-4,9-13H2,1-2H3,(H,21,22,23). The molecule has 0 saturated carbocycles. The Balaban J connectivity index is 1.63. The average Bonchev–Trinajstić information content (AvgIpc) is 2.62. The number of halogens is 1. The minimum absolute atomic E-state index is 0.193. The van der Waals surface area contributed by atoms with Crippen molar-refractivity contribution in [2.75, 3.05) is 47.8 Å². The third-order valence-electron chi connectivity index (χ3n) is 4.46. The number of anilines is 3. The van der Waals surface area contributed by atoms with Gasteiger partial charge in [-0.2, -0.15) is 0 Å². The fourth-order valence-corrected chi connectivity index (χ4v) is 3.04. The largest absolute Gasteiger partial charge is 0.370 e. The molecule has 0 amide bonds. The lowest BCUT2D eigenvalue weighted by molar-refractivity contribution is 0.624. The fraction of sp³-hybridized carbons (Fsp3) is 0.474. The van der Waals surface area contributed by atoms with Crippen molar-refractivity contribution in [2.45, 2.75) is 26.7 Å². The first-order valence-electron chi connectivity index (χ1n) is 9.00. The van der Waals surface area contributed by atoms with Crippen LogP contribution >= 0.6 is 0 Å². The maximum atomic E-state index is 13.1. The van der Waals surface area contributed by atoms with Gasteiger partial charge in [0.15, 0.2) is 0 Å². The molecule has 1 saturated heterocycles. The van der Waals surface area contributed by atoms with E-state index < -0.39 is 0 Å². The molecule has 1 aromatic heterocycles. The van der Waals surface area contributed by atoms with Gasteiger partial charge in [-0.15, -0.1) is 0 Å². The van der Waals surface area contributed by atoms with E-state index in [9.17, 15) is 4.39 Å². The van der Waals surface area contributed by atoms with Crippen molar-refractivity contribution in [3.63, 3.8) is 0 Å². The molecule has 2 heterocycles. The number of nitrogens with zero attached hydrogens (tertiary/aromatic N) is 4. The van der Waals surface area contributed by atoms with Gasteiger partial charge < -0.3 is 15.1 Å². The summed E-state index contributed by atoms with van der Waals surface area (Å²) in [5.74, 6) is 2.47. The van der Waals surface area contributed by atoms with Gasteiger partial charge in [0, 0.05) is 44.5 Å². The third kappa shape index (κ3) is 4.59. The maximum absolute atomic E-state index is 13.1. The summed E-state index contributed by atoms with van der Waals surface area (Å²) in [6.07, 6.45) is 2.30. The van der Waals surface area contributed by atoms with Crippen molar-refractivity contribution < 1.29 is 4.39 Å². The van der Waals surface area contributed by atoms with Crippen LogP contribution in [-0.2, 0) is 0 Å². The number of rotatable bonds is 6. The molecule has 1 N–H and O–H groups in total. The maximum Gasteiger partial charge on any atom is 0.134 e. The van der Waals surface area contributed by atoms with Gasteiger partial charge in [-0.1, -0.05) is 13.3 Å². The summed E-state index contributed by atoms with van der Waals surface area (Å²) in [5, 5.41) is 3.38. The Hall–Kier alpha value is -2.37.